The van der Waals surface area contributed by atoms with Crippen molar-refractivity contribution in [1.29, 1.82) is 0 Å². The summed E-state index contributed by atoms with van der Waals surface area (Å²) in [6.45, 7) is 38.2. The molecule has 0 aromatic heterocycles. The summed E-state index contributed by atoms with van der Waals surface area (Å²) < 4.78 is 10.1. The minimum absolute atomic E-state index is 0.744. The van der Waals surface area contributed by atoms with Crippen molar-refractivity contribution in [2.24, 2.45) is 0 Å². The number of hydrogen-bond donors (Lipinski definition) is 0. The number of hydrogen-bond acceptors (Lipinski definition) is 4. The third kappa shape index (κ3) is 7.38. The molecule has 0 rings (SSSR count). The van der Waals surface area contributed by atoms with Gasteiger partial charge in [-0.25, -0.2) is 0 Å². The maximum absolute atomic E-state index is 4.03. The molecule has 0 heterocycles. The van der Waals surface area contributed by atoms with Crippen LogP contribution < -0.4 is 0 Å². The molecule has 0 spiro atoms. The second-order valence-corrected chi connectivity index (χ2v) is 14.9. The molecule has 0 atom stereocenters. The van der Waals surface area contributed by atoms with Crippen LogP contribution in [0.2, 0.25) is 0 Å². The van der Waals surface area contributed by atoms with E-state index in [1.165, 1.54) is 0 Å². The van der Waals surface area contributed by atoms with Crippen LogP contribution in [0.3, 0.4) is 0 Å². The standard InChI is InChI=1S/C24H40N4Te/c1-9-17-25(18-10-2)29(26(19-11-3)20-12-4,27(21-13-5)22-14-6)28(23-15-7)24-16-8/h9-16H,1-8,17-24H2. The Hall–Kier alpha value is -1.45. The van der Waals surface area contributed by atoms with E-state index in [1.54, 1.807) is 0 Å². The van der Waals surface area contributed by atoms with Gasteiger partial charge in [0.15, 0.2) is 0 Å². The van der Waals surface area contributed by atoms with Gasteiger partial charge in [0.25, 0.3) is 0 Å². The Bertz CT molecular complexity index is 428. The van der Waals surface area contributed by atoms with Crippen LogP contribution in [0.4, 0.5) is 0 Å². The van der Waals surface area contributed by atoms with Crippen LogP contribution in [-0.2, 0) is 0 Å². The summed E-state index contributed by atoms with van der Waals surface area (Å²) in [7, 11) is 0. The third-order valence-electron chi connectivity index (χ3n) is 4.05. The summed E-state index contributed by atoms with van der Waals surface area (Å²) in [6.07, 6.45) is 15.7. The van der Waals surface area contributed by atoms with Crippen molar-refractivity contribution in [2.45, 2.75) is 0 Å². The molecule has 5 heteroatoms. The molecule has 0 aliphatic carbocycles. The Labute approximate surface area is 185 Å². The van der Waals surface area contributed by atoms with Crippen molar-refractivity contribution in [3.8, 4) is 0 Å². The fraction of sp³-hybridized carbons (Fsp3) is 0.333. The topological polar surface area (TPSA) is 13.0 Å². The van der Waals surface area contributed by atoms with E-state index in [2.05, 4.69) is 65.2 Å². The van der Waals surface area contributed by atoms with Crippen molar-refractivity contribution < 1.29 is 0 Å². The van der Waals surface area contributed by atoms with Gasteiger partial charge in [-0.15, -0.1) is 0 Å². The molecule has 0 fully saturated rings. The molecular formula is C24H40N4Te. The zero-order chi connectivity index (χ0) is 22.1. The van der Waals surface area contributed by atoms with E-state index in [0.29, 0.717) is 0 Å². The Balaban J connectivity index is 7.13. The molecule has 4 nitrogen and oxygen atoms in total. The normalized spacial score (nSPS) is 12.0. The average Bonchev–Trinajstić information content (AvgIpc) is 2.70. The monoisotopic (exact) mass is 514 g/mol. The van der Waals surface area contributed by atoms with E-state index in [1.807, 2.05) is 48.6 Å². The Morgan fingerprint density at radius 3 is 0.586 bits per heavy atom. The van der Waals surface area contributed by atoms with Gasteiger partial charge in [-0.1, -0.05) is 0 Å². The Kier molecular flexibility index (Phi) is 15.5. The fourth-order valence-corrected chi connectivity index (χ4v) is 15.8. The summed E-state index contributed by atoms with van der Waals surface area (Å²) >= 11 is -3.48. The quantitative estimate of drug-likeness (QED) is 0.180. The zero-order valence-electron chi connectivity index (χ0n) is 18.1. The molecule has 0 aromatic rings. The first-order valence-corrected chi connectivity index (χ1v) is 14.0. The molecule has 162 valence electrons. The van der Waals surface area contributed by atoms with E-state index in [-0.39, 0.29) is 0 Å². The molecule has 0 saturated carbocycles. The van der Waals surface area contributed by atoms with E-state index in [0.717, 1.165) is 52.4 Å². The van der Waals surface area contributed by atoms with Gasteiger partial charge in [0.1, 0.15) is 0 Å². The molecule has 0 radical (unpaired) electrons. The van der Waals surface area contributed by atoms with Crippen molar-refractivity contribution in [1.82, 2.24) is 12.6 Å². The van der Waals surface area contributed by atoms with Crippen LogP contribution in [0, 0.1) is 0 Å². The molecule has 0 aliphatic heterocycles. The third-order valence-corrected chi connectivity index (χ3v) is 15.4. The summed E-state index contributed by atoms with van der Waals surface area (Å²) in [5.74, 6) is 0. The second-order valence-electron chi connectivity index (χ2n) is 6.19. The minimum atomic E-state index is -3.48. The Morgan fingerprint density at radius 2 is 0.483 bits per heavy atom. The van der Waals surface area contributed by atoms with Gasteiger partial charge in [-0.3, -0.25) is 0 Å². The van der Waals surface area contributed by atoms with E-state index in [9.17, 15) is 0 Å². The van der Waals surface area contributed by atoms with E-state index in [4.69, 9.17) is 0 Å². The maximum atomic E-state index is 4.03. The second kappa shape index (κ2) is 16.4. The molecule has 29 heavy (non-hydrogen) atoms. The van der Waals surface area contributed by atoms with Crippen LogP contribution in [-0.4, -0.2) is 84.2 Å². The SMILES string of the molecule is C=CCN(CC=C)[Te](N(CC=C)CC=C)(N(CC=C)CC=C)N(CC=C)CC=C. The molecule has 0 aliphatic rings. The summed E-state index contributed by atoms with van der Waals surface area (Å²) in [6, 6.07) is 0. The summed E-state index contributed by atoms with van der Waals surface area (Å²) in [4.78, 5) is 0. The predicted molar refractivity (Wildman–Crippen MR) is 134 cm³/mol. The molecule has 0 bridgehead atoms. The van der Waals surface area contributed by atoms with Gasteiger partial charge < -0.3 is 0 Å². The van der Waals surface area contributed by atoms with E-state index < -0.39 is 19.3 Å². The Morgan fingerprint density at radius 1 is 0.345 bits per heavy atom. The summed E-state index contributed by atoms with van der Waals surface area (Å²) in [5, 5.41) is 0. The van der Waals surface area contributed by atoms with E-state index >= 15 is 0 Å². The van der Waals surface area contributed by atoms with Gasteiger partial charge >= 0.3 is 185 Å². The molecule has 0 N–H and O–H groups in total. The molecular weight excluding hydrogens is 472 g/mol. The van der Waals surface area contributed by atoms with Gasteiger partial charge in [0, 0.05) is 0 Å². The van der Waals surface area contributed by atoms with Crippen LogP contribution in [0.5, 0.6) is 0 Å². The van der Waals surface area contributed by atoms with Crippen LogP contribution in [0.25, 0.3) is 0 Å². The van der Waals surface area contributed by atoms with Crippen molar-refractivity contribution >= 4 is 19.3 Å². The molecule has 0 aromatic carbocycles. The van der Waals surface area contributed by atoms with Crippen molar-refractivity contribution in [2.75, 3.05) is 52.4 Å². The fourth-order valence-electron chi connectivity index (χ4n) is 3.23. The average molecular weight is 512 g/mol. The van der Waals surface area contributed by atoms with Crippen molar-refractivity contribution in [3.63, 3.8) is 0 Å². The van der Waals surface area contributed by atoms with Crippen LogP contribution in [0.1, 0.15) is 0 Å². The van der Waals surface area contributed by atoms with Gasteiger partial charge in [-0.2, -0.15) is 0 Å². The summed E-state index contributed by atoms with van der Waals surface area (Å²) in [5.41, 5.74) is 0. The van der Waals surface area contributed by atoms with Crippen LogP contribution >= 0.6 is 0 Å². The predicted octanol–water partition coefficient (Wildman–Crippen LogP) is 4.12. The van der Waals surface area contributed by atoms with Crippen molar-refractivity contribution in [3.05, 3.63) is 101 Å². The first kappa shape index (κ1) is 27.5. The van der Waals surface area contributed by atoms with Gasteiger partial charge in [-0.05, 0) is 0 Å². The van der Waals surface area contributed by atoms with Gasteiger partial charge in [0.2, 0.25) is 0 Å². The number of rotatable bonds is 20. The van der Waals surface area contributed by atoms with Gasteiger partial charge in [0.05, 0.1) is 0 Å². The first-order valence-electron chi connectivity index (χ1n) is 9.79. The zero-order valence-corrected chi connectivity index (χ0v) is 20.5. The molecule has 0 saturated heterocycles. The number of nitrogens with zero attached hydrogens (tertiary/aromatic N) is 4. The molecule has 0 unspecified atom stereocenters. The van der Waals surface area contributed by atoms with Crippen LogP contribution in [0.15, 0.2) is 101 Å². The first-order chi connectivity index (χ1) is 14.1. The molecule has 0 amide bonds.